The first-order chi connectivity index (χ1) is 7.33. The van der Waals surface area contributed by atoms with Crippen LogP contribution < -0.4 is 5.32 Å². The Morgan fingerprint density at radius 2 is 2.00 bits per heavy atom. The van der Waals surface area contributed by atoms with E-state index in [1.54, 1.807) is 12.3 Å². The molecule has 0 amide bonds. The van der Waals surface area contributed by atoms with Gasteiger partial charge in [0.05, 0.1) is 17.6 Å². The second-order valence-electron chi connectivity index (χ2n) is 2.86. The van der Waals surface area contributed by atoms with Crippen LogP contribution in [0.4, 0.5) is 11.4 Å². The van der Waals surface area contributed by atoms with Gasteiger partial charge >= 0.3 is 0 Å². The molecular formula is C8H4ClN5S. The molecule has 1 N–H and O–H groups in total. The molecule has 0 spiro atoms. The smallest absolute Gasteiger partial charge is 0.153 e. The minimum Gasteiger partial charge on any atom is -0.351 e. The van der Waals surface area contributed by atoms with Crippen molar-refractivity contribution < 1.29 is 0 Å². The summed E-state index contributed by atoms with van der Waals surface area (Å²) in [5, 5.41) is 20.6. The quantitative estimate of drug-likeness (QED) is 0.646. The van der Waals surface area contributed by atoms with E-state index < -0.39 is 0 Å². The molecule has 0 fully saturated rings. The Hall–Kier alpha value is -1.40. The van der Waals surface area contributed by atoms with Gasteiger partial charge in [-0.1, -0.05) is 11.6 Å². The van der Waals surface area contributed by atoms with E-state index in [1.807, 2.05) is 6.07 Å². The Bertz CT molecular complexity index is 532. The van der Waals surface area contributed by atoms with Crippen LogP contribution in [0.25, 0.3) is 0 Å². The van der Waals surface area contributed by atoms with Crippen LogP contribution in [-0.2, 0) is 0 Å². The van der Waals surface area contributed by atoms with Crippen molar-refractivity contribution in [1.29, 1.82) is 0 Å². The second-order valence-corrected chi connectivity index (χ2v) is 4.23. The Morgan fingerprint density at radius 3 is 2.93 bits per heavy atom. The predicted molar refractivity (Wildman–Crippen MR) is 56.5 cm³/mol. The normalized spacial score (nSPS) is 12.6. The second kappa shape index (κ2) is 3.32. The van der Waals surface area contributed by atoms with Crippen molar-refractivity contribution in [3.05, 3.63) is 23.5 Å². The van der Waals surface area contributed by atoms with Crippen LogP contribution in [0.2, 0.25) is 5.15 Å². The molecule has 1 aliphatic rings. The number of hydrogen-bond donors (Lipinski definition) is 1. The third kappa shape index (κ3) is 1.51. The highest BCUT2D eigenvalue weighted by Gasteiger charge is 2.18. The van der Waals surface area contributed by atoms with Gasteiger partial charge in [0.2, 0.25) is 0 Å². The van der Waals surface area contributed by atoms with Crippen molar-refractivity contribution in [1.82, 2.24) is 20.4 Å². The van der Waals surface area contributed by atoms with Crippen molar-refractivity contribution in [2.45, 2.75) is 10.1 Å². The molecule has 0 aliphatic carbocycles. The zero-order valence-corrected chi connectivity index (χ0v) is 8.88. The molecule has 2 aromatic heterocycles. The molecule has 0 saturated carbocycles. The van der Waals surface area contributed by atoms with E-state index in [9.17, 15) is 0 Å². The predicted octanol–water partition coefficient (Wildman–Crippen LogP) is 2.13. The summed E-state index contributed by atoms with van der Waals surface area (Å²) in [5.74, 6) is 0. The molecule has 7 heteroatoms. The van der Waals surface area contributed by atoms with Gasteiger partial charge in [-0.15, -0.1) is 15.3 Å². The standard InChI is InChI=1S/C8H4ClN5S/c9-6-3-5-8(14-12-6)15-7-4(11-5)1-2-10-13-7/h1-3,11H. The summed E-state index contributed by atoms with van der Waals surface area (Å²) in [6.07, 6.45) is 1.63. The Morgan fingerprint density at radius 1 is 1.13 bits per heavy atom. The Kier molecular flexibility index (Phi) is 1.96. The van der Waals surface area contributed by atoms with Crippen molar-refractivity contribution >= 4 is 34.7 Å². The molecule has 0 bridgehead atoms. The highest BCUT2D eigenvalue weighted by Crippen LogP contribution is 2.41. The van der Waals surface area contributed by atoms with Gasteiger partial charge in [0, 0.05) is 6.07 Å². The van der Waals surface area contributed by atoms with Crippen LogP contribution in [0, 0.1) is 0 Å². The maximum Gasteiger partial charge on any atom is 0.153 e. The average Bonchev–Trinajstić information content (AvgIpc) is 2.26. The third-order valence-corrected chi connectivity index (χ3v) is 3.05. The van der Waals surface area contributed by atoms with E-state index in [2.05, 4.69) is 25.7 Å². The number of nitrogens with one attached hydrogen (secondary N) is 1. The van der Waals surface area contributed by atoms with E-state index in [1.165, 1.54) is 11.8 Å². The number of fused-ring (bicyclic) bond motifs is 2. The van der Waals surface area contributed by atoms with Crippen LogP contribution in [0.5, 0.6) is 0 Å². The van der Waals surface area contributed by atoms with E-state index >= 15 is 0 Å². The van der Waals surface area contributed by atoms with Gasteiger partial charge in [0.15, 0.2) is 5.15 Å². The minimum absolute atomic E-state index is 0.368. The third-order valence-electron chi connectivity index (χ3n) is 1.88. The average molecular weight is 238 g/mol. The fourth-order valence-electron chi connectivity index (χ4n) is 1.25. The van der Waals surface area contributed by atoms with Crippen molar-refractivity contribution in [3.8, 4) is 0 Å². The van der Waals surface area contributed by atoms with Gasteiger partial charge in [-0.3, -0.25) is 0 Å². The van der Waals surface area contributed by atoms with Gasteiger partial charge in [-0.25, -0.2) is 0 Å². The first-order valence-corrected chi connectivity index (χ1v) is 5.32. The topological polar surface area (TPSA) is 63.6 Å². The zero-order chi connectivity index (χ0) is 10.3. The molecule has 0 radical (unpaired) electrons. The van der Waals surface area contributed by atoms with Crippen molar-refractivity contribution in [2.75, 3.05) is 5.32 Å². The van der Waals surface area contributed by atoms with Crippen molar-refractivity contribution in [2.24, 2.45) is 0 Å². The number of anilines is 2. The van der Waals surface area contributed by atoms with Crippen LogP contribution in [-0.4, -0.2) is 20.4 Å². The molecular weight excluding hydrogens is 234 g/mol. The molecule has 15 heavy (non-hydrogen) atoms. The fourth-order valence-corrected chi connectivity index (χ4v) is 2.20. The van der Waals surface area contributed by atoms with Crippen LogP contribution in [0.15, 0.2) is 28.4 Å². The lowest BCUT2D eigenvalue weighted by molar-refractivity contribution is 0.895. The van der Waals surface area contributed by atoms with Gasteiger partial charge in [-0.05, 0) is 17.8 Å². The molecule has 0 atom stereocenters. The van der Waals surface area contributed by atoms with E-state index in [4.69, 9.17) is 11.6 Å². The minimum atomic E-state index is 0.368. The van der Waals surface area contributed by atoms with E-state index in [0.717, 1.165) is 21.4 Å². The summed E-state index contributed by atoms with van der Waals surface area (Å²) < 4.78 is 0. The molecule has 2 aromatic rings. The van der Waals surface area contributed by atoms with Gasteiger partial charge < -0.3 is 5.32 Å². The monoisotopic (exact) mass is 237 g/mol. The first kappa shape index (κ1) is 8.87. The lowest BCUT2D eigenvalue weighted by Crippen LogP contribution is -2.04. The summed E-state index contributed by atoms with van der Waals surface area (Å²) in [6.45, 7) is 0. The molecule has 0 saturated heterocycles. The SMILES string of the molecule is Clc1cc2c(nn1)Sc1nnccc1N2. The zero-order valence-electron chi connectivity index (χ0n) is 7.31. The molecule has 5 nitrogen and oxygen atoms in total. The number of halogens is 1. The van der Waals surface area contributed by atoms with Gasteiger partial charge in [-0.2, -0.15) is 5.10 Å². The van der Waals surface area contributed by atoms with Crippen LogP contribution in [0.1, 0.15) is 0 Å². The summed E-state index contributed by atoms with van der Waals surface area (Å²) in [7, 11) is 0. The lowest BCUT2D eigenvalue weighted by Gasteiger charge is -2.16. The van der Waals surface area contributed by atoms with Gasteiger partial charge in [0.1, 0.15) is 10.1 Å². The fraction of sp³-hybridized carbons (Fsp3) is 0. The summed E-state index contributed by atoms with van der Waals surface area (Å²) in [5.41, 5.74) is 1.76. The van der Waals surface area contributed by atoms with Gasteiger partial charge in [0.25, 0.3) is 0 Å². The number of hydrogen-bond acceptors (Lipinski definition) is 6. The molecule has 0 unspecified atom stereocenters. The summed E-state index contributed by atoms with van der Waals surface area (Å²) in [6, 6.07) is 3.59. The Labute approximate surface area is 94.3 Å². The largest absolute Gasteiger partial charge is 0.351 e. The number of rotatable bonds is 0. The maximum atomic E-state index is 5.75. The molecule has 1 aliphatic heterocycles. The molecule has 74 valence electrons. The van der Waals surface area contributed by atoms with Crippen molar-refractivity contribution in [3.63, 3.8) is 0 Å². The first-order valence-electron chi connectivity index (χ1n) is 4.13. The maximum absolute atomic E-state index is 5.75. The lowest BCUT2D eigenvalue weighted by atomic mass is 10.4. The van der Waals surface area contributed by atoms with E-state index in [0.29, 0.717) is 5.15 Å². The highest BCUT2D eigenvalue weighted by molar-refractivity contribution is 7.99. The summed E-state index contributed by atoms with van der Waals surface area (Å²) >= 11 is 7.18. The van der Waals surface area contributed by atoms with Crippen LogP contribution >= 0.6 is 23.4 Å². The Balaban J connectivity index is 2.11. The molecule has 0 aromatic carbocycles. The van der Waals surface area contributed by atoms with E-state index in [-0.39, 0.29) is 0 Å². The summed E-state index contributed by atoms with van der Waals surface area (Å²) in [4.78, 5) is 0. The number of aromatic nitrogens is 4. The highest BCUT2D eigenvalue weighted by atomic mass is 35.5. The number of nitrogens with zero attached hydrogens (tertiary/aromatic N) is 4. The van der Waals surface area contributed by atoms with Crippen LogP contribution in [0.3, 0.4) is 0 Å². The molecule has 3 rings (SSSR count). The molecule has 3 heterocycles.